The average Bonchev–Trinajstić information content (AvgIpc) is 2.57. The van der Waals surface area contributed by atoms with E-state index in [4.69, 9.17) is 0 Å². The van der Waals surface area contributed by atoms with Gasteiger partial charge in [-0.3, -0.25) is 9.78 Å². The van der Waals surface area contributed by atoms with Crippen molar-refractivity contribution in [3.05, 3.63) is 59.9 Å². The first-order chi connectivity index (χ1) is 11.1. The minimum Gasteiger partial charge on any atom is -0.349 e. The van der Waals surface area contributed by atoms with Crippen molar-refractivity contribution in [3.63, 3.8) is 0 Å². The Labute approximate surface area is 135 Å². The van der Waals surface area contributed by atoms with E-state index in [-0.39, 0.29) is 17.7 Å². The van der Waals surface area contributed by atoms with E-state index in [2.05, 4.69) is 10.3 Å². The Balaban J connectivity index is 1.68. The van der Waals surface area contributed by atoms with Crippen molar-refractivity contribution in [1.29, 1.82) is 0 Å². The second kappa shape index (κ2) is 6.50. The molecule has 0 spiro atoms. The third kappa shape index (κ3) is 3.59. The van der Waals surface area contributed by atoms with Crippen molar-refractivity contribution in [1.82, 2.24) is 10.3 Å². The van der Waals surface area contributed by atoms with E-state index >= 15 is 0 Å². The van der Waals surface area contributed by atoms with E-state index in [9.17, 15) is 13.2 Å². The molecule has 1 aliphatic rings. The van der Waals surface area contributed by atoms with Crippen LogP contribution in [0.25, 0.3) is 0 Å². The molecule has 2 heterocycles. The third-order valence-electron chi connectivity index (χ3n) is 3.97. The van der Waals surface area contributed by atoms with Crippen LogP contribution < -0.4 is 5.32 Å². The van der Waals surface area contributed by atoms with Gasteiger partial charge in [-0.2, -0.15) is 0 Å². The van der Waals surface area contributed by atoms with Crippen LogP contribution in [0, 0.1) is 0 Å². The summed E-state index contributed by atoms with van der Waals surface area (Å²) in [5, 5.41) is 2.95. The number of carbonyl (C=O) groups is 1. The van der Waals surface area contributed by atoms with Gasteiger partial charge in [0.25, 0.3) is 0 Å². The summed E-state index contributed by atoms with van der Waals surface area (Å²) in [4.78, 5) is 16.7. The van der Waals surface area contributed by atoms with Crippen LogP contribution in [-0.4, -0.2) is 25.1 Å². The molecule has 0 saturated heterocycles. The van der Waals surface area contributed by atoms with Gasteiger partial charge in [0.1, 0.15) is 0 Å². The van der Waals surface area contributed by atoms with Crippen LogP contribution in [0.15, 0.2) is 53.6 Å². The highest BCUT2D eigenvalue weighted by Crippen LogP contribution is 2.31. The van der Waals surface area contributed by atoms with Gasteiger partial charge in [-0.15, -0.1) is 0 Å². The maximum Gasteiger partial charge on any atom is 0.220 e. The van der Waals surface area contributed by atoms with Crippen LogP contribution in [0.1, 0.15) is 30.1 Å². The predicted molar refractivity (Wildman–Crippen MR) is 86.6 cm³/mol. The fourth-order valence-corrected chi connectivity index (χ4v) is 4.42. The van der Waals surface area contributed by atoms with Gasteiger partial charge in [-0.1, -0.05) is 24.3 Å². The summed E-state index contributed by atoms with van der Waals surface area (Å²) in [5.41, 5.74) is 1.55. The number of nitrogens with zero attached hydrogens (tertiary/aromatic N) is 1. The van der Waals surface area contributed by atoms with E-state index < -0.39 is 9.84 Å². The van der Waals surface area contributed by atoms with Crippen LogP contribution >= 0.6 is 0 Å². The minimum atomic E-state index is -3.23. The molecule has 0 aliphatic carbocycles. The molecule has 1 aromatic heterocycles. The van der Waals surface area contributed by atoms with Gasteiger partial charge < -0.3 is 5.32 Å². The van der Waals surface area contributed by atoms with Crippen molar-refractivity contribution in [2.75, 3.05) is 5.75 Å². The average molecular weight is 330 g/mol. The summed E-state index contributed by atoms with van der Waals surface area (Å²) in [6.07, 6.45) is 3.02. The summed E-state index contributed by atoms with van der Waals surface area (Å²) >= 11 is 0. The molecule has 1 aromatic carbocycles. The lowest BCUT2D eigenvalue weighted by Crippen LogP contribution is -2.34. The molecule has 1 amide bonds. The van der Waals surface area contributed by atoms with Gasteiger partial charge in [0.15, 0.2) is 9.84 Å². The van der Waals surface area contributed by atoms with E-state index in [0.717, 1.165) is 5.69 Å². The quantitative estimate of drug-likeness (QED) is 0.931. The fraction of sp³-hybridized carbons (Fsp3) is 0.294. The van der Waals surface area contributed by atoms with Crippen molar-refractivity contribution in [2.24, 2.45) is 0 Å². The van der Waals surface area contributed by atoms with E-state index in [1.165, 1.54) is 0 Å². The maximum atomic E-state index is 12.2. The highest BCUT2D eigenvalue weighted by Gasteiger charge is 2.30. The highest BCUT2D eigenvalue weighted by molar-refractivity contribution is 7.91. The SMILES string of the molecule is O=C(CCc1ccccn1)N[C@@H]1CCS(=O)(=O)c2ccccc21. The summed E-state index contributed by atoms with van der Waals surface area (Å²) in [6.45, 7) is 0. The fourth-order valence-electron chi connectivity index (χ4n) is 2.79. The summed E-state index contributed by atoms with van der Waals surface area (Å²) < 4.78 is 24.2. The third-order valence-corrected chi connectivity index (χ3v) is 5.79. The molecule has 0 saturated carbocycles. The number of benzene rings is 1. The van der Waals surface area contributed by atoms with Crippen molar-refractivity contribution < 1.29 is 13.2 Å². The number of pyridine rings is 1. The molecule has 1 atom stereocenters. The lowest BCUT2D eigenvalue weighted by molar-refractivity contribution is -0.121. The normalized spacial score (nSPS) is 18.9. The number of hydrogen-bond donors (Lipinski definition) is 1. The van der Waals surface area contributed by atoms with Crippen LogP contribution in [0.2, 0.25) is 0 Å². The number of amides is 1. The maximum absolute atomic E-state index is 12.2. The van der Waals surface area contributed by atoms with Crippen LogP contribution in [-0.2, 0) is 21.1 Å². The first kappa shape index (κ1) is 15.7. The summed E-state index contributed by atoms with van der Waals surface area (Å²) in [5.74, 6) is -0.0235. The van der Waals surface area contributed by atoms with Gasteiger partial charge in [0.05, 0.1) is 16.7 Å². The molecule has 0 fully saturated rings. The van der Waals surface area contributed by atoms with Crippen molar-refractivity contribution >= 4 is 15.7 Å². The Morgan fingerprint density at radius 1 is 1.17 bits per heavy atom. The first-order valence-electron chi connectivity index (χ1n) is 7.57. The number of rotatable bonds is 4. The topological polar surface area (TPSA) is 76.1 Å². The Hall–Kier alpha value is -2.21. The van der Waals surface area contributed by atoms with Crippen LogP contribution in [0.3, 0.4) is 0 Å². The van der Waals surface area contributed by atoms with Crippen molar-refractivity contribution in [2.45, 2.75) is 30.2 Å². The van der Waals surface area contributed by atoms with Crippen LogP contribution in [0.4, 0.5) is 0 Å². The van der Waals surface area contributed by atoms with Crippen molar-refractivity contribution in [3.8, 4) is 0 Å². The smallest absolute Gasteiger partial charge is 0.220 e. The monoisotopic (exact) mass is 330 g/mol. The summed E-state index contributed by atoms with van der Waals surface area (Å²) in [6, 6.07) is 12.3. The molecule has 5 nitrogen and oxygen atoms in total. The molecule has 0 bridgehead atoms. The predicted octanol–water partition coefficient (Wildman–Crippen LogP) is 2.05. The minimum absolute atomic E-state index is 0.0647. The zero-order valence-electron chi connectivity index (χ0n) is 12.6. The molecule has 23 heavy (non-hydrogen) atoms. The van der Waals surface area contributed by atoms with E-state index in [1.807, 2.05) is 18.2 Å². The number of aryl methyl sites for hydroxylation is 1. The standard InChI is InChI=1S/C17H18N2O3S/c20-17(9-8-13-5-3-4-11-18-13)19-15-10-12-23(21,22)16-7-2-1-6-14(15)16/h1-7,11,15H,8-10,12H2,(H,19,20)/t15-/m1/s1. The second-order valence-corrected chi connectivity index (χ2v) is 7.66. The lowest BCUT2D eigenvalue weighted by Gasteiger charge is -2.26. The molecule has 6 heteroatoms. The van der Waals surface area contributed by atoms with Gasteiger partial charge >= 0.3 is 0 Å². The number of fused-ring (bicyclic) bond motifs is 1. The molecule has 1 aliphatic heterocycles. The van der Waals surface area contributed by atoms with Gasteiger partial charge in [0.2, 0.25) is 5.91 Å². The molecular formula is C17H18N2O3S. The molecule has 3 rings (SSSR count). The van der Waals surface area contributed by atoms with Gasteiger partial charge in [-0.25, -0.2) is 8.42 Å². The zero-order chi connectivity index (χ0) is 16.3. The lowest BCUT2D eigenvalue weighted by atomic mass is 10.0. The zero-order valence-corrected chi connectivity index (χ0v) is 13.4. The molecule has 120 valence electrons. The number of carbonyl (C=O) groups excluding carboxylic acids is 1. The van der Waals surface area contributed by atoms with Gasteiger partial charge in [0, 0.05) is 18.3 Å². The van der Waals surface area contributed by atoms with E-state index in [0.29, 0.717) is 29.7 Å². The molecule has 0 unspecified atom stereocenters. The largest absolute Gasteiger partial charge is 0.349 e. The van der Waals surface area contributed by atoms with Crippen LogP contribution in [0.5, 0.6) is 0 Å². The second-order valence-electron chi connectivity index (χ2n) is 5.59. The Kier molecular flexibility index (Phi) is 4.43. The Morgan fingerprint density at radius 3 is 2.74 bits per heavy atom. The Morgan fingerprint density at radius 2 is 1.96 bits per heavy atom. The molecule has 2 aromatic rings. The number of hydrogen-bond acceptors (Lipinski definition) is 4. The number of aromatic nitrogens is 1. The summed E-state index contributed by atoms with van der Waals surface area (Å²) in [7, 11) is -3.23. The molecule has 1 N–H and O–H groups in total. The first-order valence-corrected chi connectivity index (χ1v) is 9.22. The molecule has 0 radical (unpaired) electrons. The highest BCUT2D eigenvalue weighted by atomic mass is 32.2. The number of nitrogens with one attached hydrogen (secondary N) is 1. The van der Waals surface area contributed by atoms with Gasteiger partial charge in [-0.05, 0) is 36.6 Å². The Bertz CT molecular complexity index is 804. The number of sulfone groups is 1. The van der Waals surface area contributed by atoms with E-state index in [1.54, 1.807) is 30.5 Å². The molecular weight excluding hydrogens is 312 g/mol.